The van der Waals surface area contributed by atoms with Crippen LogP contribution in [0.4, 0.5) is 17.1 Å². The van der Waals surface area contributed by atoms with E-state index in [0.29, 0.717) is 11.3 Å². The van der Waals surface area contributed by atoms with Gasteiger partial charge in [0.25, 0.3) is 10.1 Å². The summed E-state index contributed by atoms with van der Waals surface area (Å²) in [6.07, 6.45) is -0.186. The van der Waals surface area contributed by atoms with Gasteiger partial charge in [0, 0.05) is 16.8 Å². The molecular weight excluding hydrogens is 459 g/mol. The molecule has 1 aliphatic rings. The molecule has 0 bridgehead atoms. The molecule has 0 radical (unpaired) electrons. The summed E-state index contributed by atoms with van der Waals surface area (Å²) in [5, 5.41) is 11.8. The Morgan fingerprint density at radius 2 is 1.52 bits per heavy atom. The first-order valence-electron chi connectivity index (χ1n) is 9.28. The molecule has 4 rings (SSSR count). The Morgan fingerprint density at radius 1 is 0.970 bits per heavy atom. The van der Waals surface area contributed by atoms with Crippen LogP contribution in [-0.4, -0.2) is 35.6 Å². The zero-order valence-electron chi connectivity index (χ0n) is 18.3. The zero-order valence-corrected chi connectivity index (χ0v) is 20.1. The van der Waals surface area contributed by atoms with Gasteiger partial charge in [0.15, 0.2) is 11.6 Å². The van der Waals surface area contributed by atoms with Crippen molar-refractivity contribution in [3.05, 3.63) is 82.4 Å². The van der Waals surface area contributed by atoms with E-state index in [1.807, 2.05) is 0 Å². The van der Waals surface area contributed by atoms with Crippen molar-refractivity contribution >= 4 is 44.7 Å². The van der Waals surface area contributed by atoms with Crippen LogP contribution in [0.15, 0.2) is 59.5 Å². The predicted molar refractivity (Wildman–Crippen MR) is 116 cm³/mol. The van der Waals surface area contributed by atoms with E-state index in [2.05, 4.69) is 5.32 Å². The third-order valence-electron chi connectivity index (χ3n) is 5.07. The molecular formula is C22H17N2NaO7S. The first kappa shape index (κ1) is 24.6. The van der Waals surface area contributed by atoms with Crippen LogP contribution in [0.5, 0.6) is 0 Å². The molecule has 0 saturated carbocycles. The number of hydrogen-bond acceptors (Lipinski definition) is 7. The molecule has 5 N–H and O–H groups in total. The van der Waals surface area contributed by atoms with E-state index >= 15 is 0 Å². The van der Waals surface area contributed by atoms with Gasteiger partial charge in [-0.25, -0.2) is 0 Å². The fraction of sp³-hybridized carbons (Fsp3) is 0.0455. The number of aliphatic carboxylic acids is 1. The molecule has 1 aliphatic carbocycles. The van der Waals surface area contributed by atoms with Crippen molar-refractivity contribution in [3.8, 4) is 0 Å². The van der Waals surface area contributed by atoms with E-state index in [0.717, 1.165) is 6.07 Å². The molecule has 0 amide bonds. The summed E-state index contributed by atoms with van der Waals surface area (Å²) in [7, 11) is -4.81. The van der Waals surface area contributed by atoms with E-state index in [1.165, 1.54) is 24.3 Å². The van der Waals surface area contributed by atoms with Crippen LogP contribution >= 0.6 is 0 Å². The topological polar surface area (TPSA) is 164 Å². The van der Waals surface area contributed by atoms with Crippen LogP contribution in [0.3, 0.4) is 0 Å². The van der Waals surface area contributed by atoms with Crippen molar-refractivity contribution in [2.45, 2.75) is 11.3 Å². The van der Waals surface area contributed by atoms with Crippen LogP contribution in [0, 0.1) is 0 Å². The molecule has 164 valence electrons. The SMILES string of the molecule is Nc1c(S(=O)(=O)O)cc(Nc2ccc(CC(=O)O)cc2)c2c1C(=O)c1ccccc1C2=O.[H-].[Na+]. The minimum atomic E-state index is -4.81. The summed E-state index contributed by atoms with van der Waals surface area (Å²) in [4.78, 5) is 36.5. The standard InChI is InChI=1S/C22H16N2O7S.Na.H/c23-20-16(32(29,30)31)10-15(24-12-7-5-11(6-8-12)9-17(25)26)18-19(20)22(28)14-4-2-1-3-13(14)21(18)27;;/h1-8,10,24H,9,23H2,(H,25,26)(H,29,30,31);;/q;+1;-1. The third-order valence-corrected chi connectivity index (χ3v) is 5.96. The maximum absolute atomic E-state index is 13.2. The van der Waals surface area contributed by atoms with E-state index < -0.39 is 38.2 Å². The third kappa shape index (κ3) is 4.56. The minimum Gasteiger partial charge on any atom is -1.00 e. The molecule has 11 heteroatoms. The van der Waals surface area contributed by atoms with Crippen LogP contribution in [0.2, 0.25) is 0 Å². The Hall–Kier alpha value is -3.02. The average Bonchev–Trinajstić information content (AvgIpc) is 2.73. The van der Waals surface area contributed by atoms with E-state index in [9.17, 15) is 27.4 Å². The van der Waals surface area contributed by atoms with E-state index in [-0.39, 0.29) is 65.3 Å². The number of carbonyl (C=O) groups excluding carboxylic acids is 2. The van der Waals surface area contributed by atoms with Crippen molar-refractivity contribution < 1.29 is 63.4 Å². The first-order chi connectivity index (χ1) is 15.1. The van der Waals surface area contributed by atoms with Gasteiger partial charge in [-0.1, -0.05) is 36.4 Å². The van der Waals surface area contributed by atoms with E-state index in [1.54, 1.807) is 24.3 Å². The molecule has 0 unspecified atom stereocenters. The second-order valence-electron chi connectivity index (χ2n) is 7.16. The second kappa shape index (κ2) is 9.08. The Balaban J connectivity index is 0.00000204. The van der Waals surface area contributed by atoms with Crippen molar-refractivity contribution in [2.75, 3.05) is 11.1 Å². The number of ketones is 2. The molecule has 3 aromatic carbocycles. The van der Waals surface area contributed by atoms with Crippen molar-refractivity contribution in [1.29, 1.82) is 0 Å². The van der Waals surface area contributed by atoms with Gasteiger partial charge < -0.3 is 17.6 Å². The number of anilines is 3. The number of carbonyl (C=O) groups is 3. The van der Waals surface area contributed by atoms with Gasteiger partial charge in [-0.05, 0) is 23.8 Å². The number of rotatable bonds is 5. The molecule has 3 aromatic rings. The predicted octanol–water partition coefficient (Wildman–Crippen LogP) is -0.222. The van der Waals surface area contributed by atoms with Gasteiger partial charge in [-0.3, -0.25) is 18.9 Å². The van der Waals surface area contributed by atoms with E-state index in [4.69, 9.17) is 10.8 Å². The molecule has 9 nitrogen and oxygen atoms in total. The average molecular weight is 476 g/mol. The number of nitrogens with two attached hydrogens (primary N) is 1. The van der Waals surface area contributed by atoms with Crippen LogP contribution in [-0.2, 0) is 21.3 Å². The Kier molecular flexibility index (Phi) is 6.78. The number of carboxylic acids is 1. The molecule has 0 aliphatic heterocycles. The van der Waals surface area contributed by atoms with Gasteiger partial charge in [0.1, 0.15) is 4.90 Å². The van der Waals surface area contributed by atoms with Crippen LogP contribution in [0.25, 0.3) is 0 Å². The monoisotopic (exact) mass is 476 g/mol. The molecule has 33 heavy (non-hydrogen) atoms. The number of hydrogen-bond donors (Lipinski definition) is 4. The van der Waals surface area contributed by atoms with Crippen LogP contribution in [0.1, 0.15) is 38.8 Å². The maximum Gasteiger partial charge on any atom is 1.00 e. The van der Waals surface area contributed by atoms with Gasteiger partial charge in [0.05, 0.1) is 28.9 Å². The molecule has 0 spiro atoms. The normalized spacial score (nSPS) is 12.4. The quantitative estimate of drug-likeness (QED) is 0.173. The van der Waals surface area contributed by atoms with Crippen LogP contribution < -0.4 is 40.6 Å². The minimum absolute atomic E-state index is 0. The maximum atomic E-state index is 13.2. The second-order valence-corrected chi connectivity index (χ2v) is 8.55. The number of fused-ring (bicyclic) bond motifs is 2. The Bertz CT molecular complexity index is 1420. The number of nitrogens with one attached hydrogen (secondary N) is 1. The molecule has 0 aromatic heterocycles. The molecule has 0 fully saturated rings. The summed E-state index contributed by atoms with van der Waals surface area (Å²) in [6, 6.07) is 13.2. The Labute approximate surface area is 212 Å². The summed E-state index contributed by atoms with van der Waals surface area (Å²) < 4.78 is 33.5. The fourth-order valence-corrected chi connectivity index (χ4v) is 4.29. The summed E-state index contributed by atoms with van der Waals surface area (Å²) >= 11 is 0. The zero-order chi connectivity index (χ0) is 23.2. The van der Waals surface area contributed by atoms with Gasteiger partial charge in [-0.2, -0.15) is 8.42 Å². The fourth-order valence-electron chi connectivity index (χ4n) is 3.64. The largest absolute Gasteiger partial charge is 1.00 e. The Morgan fingerprint density at radius 3 is 2.03 bits per heavy atom. The first-order valence-corrected chi connectivity index (χ1v) is 10.7. The summed E-state index contributed by atoms with van der Waals surface area (Å²) in [5.74, 6) is -2.18. The smallest absolute Gasteiger partial charge is 1.00 e. The van der Waals surface area contributed by atoms with Gasteiger partial charge >= 0.3 is 35.5 Å². The van der Waals surface area contributed by atoms with Crippen molar-refractivity contribution in [1.82, 2.24) is 0 Å². The molecule has 0 heterocycles. The van der Waals surface area contributed by atoms with Gasteiger partial charge in [0.2, 0.25) is 0 Å². The molecule has 0 atom stereocenters. The number of carboxylic acid groups (broad SMARTS) is 1. The summed E-state index contributed by atoms with van der Waals surface area (Å²) in [5.41, 5.74) is 6.09. The molecule has 0 saturated heterocycles. The summed E-state index contributed by atoms with van der Waals surface area (Å²) in [6.45, 7) is 0. The van der Waals surface area contributed by atoms with Crippen molar-refractivity contribution in [3.63, 3.8) is 0 Å². The van der Waals surface area contributed by atoms with Crippen molar-refractivity contribution in [2.24, 2.45) is 0 Å². The van der Waals surface area contributed by atoms with Gasteiger partial charge in [-0.15, -0.1) is 0 Å². The number of nitrogen functional groups attached to an aromatic ring is 1. The number of benzene rings is 3.